The van der Waals surface area contributed by atoms with Crippen LogP contribution in [0.1, 0.15) is 77.6 Å². The maximum absolute atomic E-state index is 10.5. The first-order chi connectivity index (χ1) is 9.70. The third-order valence-electron chi connectivity index (χ3n) is 3.47. The van der Waals surface area contributed by atoms with E-state index in [1.54, 1.807) is 7.11 Å². The Morgan fingerprint density at radius 1 is 1.00 bits per heavy atom. The van der Waals surface area contributed by atoms with Crippen molar-refractivity contribution in [2.75, 3.05) is 13.9 Å². The van der Waals surface area contributed by atoms with Gasteiger partial charge in [0, 0.05) is 13.5 Å². The van der Waals surface area contributed by atoms with Crippen molar-refractivity contribution >= 4 is 5.97 Å². The van der Waals surface area contributed by atoms with Crippen molar-refractivity contribution in [1.82, 2.24) is 0 Å². The van der Waals surface area contributed by atoms with Crippen molar-refractivity contribution in [2.24, 2.45) is 0 Å². The summed E-state index contributed by atoms with van der Waals surface area (Å²) >= 11 is 0. The molecule has 4 nitrogen and oxygen atoms in total. The molecule has 0 aromatic rings. The van der Waals surface area contributed by atoms with Crippen LogP contribution in [0.5, 0.6) is 0 Å². The average molecular weight is 288 g/mol. The van der Waals surface area contributed by atoms with Gasteiger partial charge in [-0.15, -0.1) is 0 Å². The van der Waals surface area contributed by atoms with E-state index in [0.29, 0.717) is 13.2 Å². The predicted octanol–water partition coefficient (Wildman–Crippen LogP) is 4.37. The molecule has 0 saturated carbocycles. The molecule has 0 fully saturated rings. The lowest BCUT2D eigenvalue weighted by molar-refractivity contribution is -0.137. The van der Waals surface area contributed by atoms with Crippen LogP contribution in [0.15, 0.2) is 0 Å². The molecule has 1 N–H and O–H groups in total. The quantitative estimate of drug-likeness (QED) is 0.359. The molecule has 20 heavy (non-hydrogen) atoms. The summed E-state index contributed by atoms with van der Waals surface area (Å²) < 4.78 is 10.5. The molecule has 0 bridgehead atoms. The van der Waals surface area contributed by atoms with Gasteiger partial charge in [-0.2, -0.15) is 0 Å². The second-order valence-electron chi connectivity index (χ2n) is 5.39. The zero-order valence-corrected chi connectivity index (χ0v) is 13.2. The van der Waals surface area contributed by atoms with Gasteiger partial charge in [0.15, 0.2) is 0 Å². The van der Waals surface area contributed by atoms with Crippen molar-refractivity contribution in [3.63, 3.8) is 0 Å². The Hall–Kier alpha value is -0.610. The molecule has 0 saturated heterocycles. The maximum Gasteiger partial charge on any atom is 0.303 e. The highest BCUT2D eigenvalue weighted by molar-refractivity contribution is 5.66. The second-order valence-corrected chi connectivity index (χ2v) is 5.39. The summed E-state index contributed by atoms with van der Waals surface area (Å²) in [6.45, 7) is 2.53. The standard InChI is InChI=1S/C16H32O4/c1-3-4-5-6-7-8-9-11-15(20-14-19-2)12-10-13-16(17)18/h15H,3-14H2,1-2H3,(H,17,18)/t15-/m1/s1. The van der Waals surface area contributed by atoms with Crippen LogP contribution in [0.2, 0.25) is 0 Å². The fourth-order valence-corrected chi connectivity index (χ4v) is 2.29. The Labute approximate surface area is 123 Å². The van der Waals surface area contributed by atoms with E-state index in [1.807, 2.05) is 0 Å². The smallest absolute Gasteiger partial charge is 0.303 e. The van der Waals surface area contributed by atoms with Gasteiger partial charge in [-0.1, -0.05) is 51.9 Å². The summed E-state index contributed by atoms with van der Waals surface area (Å²) in [7, 11) is 1.61. The van der Waals surface area contributed by atoms with Crippen molar-refractivity contribution in [2.45, 2.75) is 83.7 Å². The number of carbonyl (C=O) groups is 1. The Balaban J connectivity index is 3.60. The lowest BCUT2D eigenvalue weighted by Gasteiger charge is -2.17. The summed E-state index contributed by atoms with van der Waals surface area (Å²) in [4.78, 5) is 10.5. The van der Waals surface area contributed by atoms with Crippen LogP contribution >= 0.6 is 0 Å². The third-order valence-corrected chi connectivity index (χ3v) is 3.47. The van der Waals surface area contributed by atoms with Crippen molar-refractivity contribution < 1.29 is 19.4 Å². The van der Waals surface area contributed by atoms with E-state index in [0.717, 1.165) is 19.3 Å². The van der Waals surface area contributed by atoms with E-state index in [2.05, 4.69) is 6.92 Å². The highest BCUT2D eigenvalue weighted by atomic mass is 16.7. The van der Waals surface area contributed by atoms with E-state index in [4.69, 9.17) is 14.6 Å². The van der Waals surface area contributed by atoms with Crippen LogP contribution in [0.3, 0.4) is 0 Å². The Bertz CT molecular complexity index is 219. The van der Waals surface area contributed by atoms with Crippen molar-refractivity contribution in [3.8, 4) is 0 Å². The largest absolute Gasteiger partial charge is 0.481 e. The monoisotopic (exact) mass is 288 g/mol. The lowest BCUT2D eigenvalue weighted by Crippen LogP contribution is -2.15. The second kappa shape index (κ2) is 14.8. The van der Waals surface area contributed by atoms with Gasteiger partial charge < -0.3 is 14.6 Å². The highest BCUT2D eigenvalue weighted by Gasteiger charge is 2.10. The van der Waals surface area contributed by atoms with Crippen LogP contribution in [0, 0.1) is 0 Å². The average Bonchev–Trinajstić information content (AvgIpc) is 2.42. The molecule has 120 valence electrons. The van der Waals surface area contributed by atoms with E-state index in [9.17, 15) is 4.79 Å². The number of hydrogen-bond acceptors (Lipinski definition) is 3. The van der Waals surface area contributed by atoms with E-state index in [-0.39, 0.29) is 12.5 Å². The number of carboxylic acid groups (broad SMARTS) is 1. The topological polar surface area (TPSA) is 55.8 Å². The summed E-state index contributed by atoms with van der Waals surface area (Å²) in [5.74, 6) is -0.730. The molecule has 1 atom stereocenters. The summed E-state index contributed by atoms with van der Waals surface area (Å²) in [6.07, 6.45) is 11.9. The van der Waals surface area contributed by atoms with Gasteiger partial charge in [-0.25, -0.2) is 0 Å². The van der Waals surface area contributed by atoms with Crippen LogP contribution in [0.4, 0.5) is 0 Å². The van der Waals surface area contributed by atoms with Crippen LogP contribution < -0.4 is 0 Å². The van der Waals surface area contributed by atoms with E-state index in [1.165, 1.54) is 38.5 Å². The summed E-state index contributed by atoms with van der Waals surface area (Å²) in [6, 6.07) is 0. The van der Waals surface area contributed by atoms with Crippen LogP contribution in [-0.2, 0) is 14.3 Å². The first kappa shape index (κ1) is 19.4. The van der Waals surface area contributed by atoms with Gasteiger partial charge in [-0.3, -0.25) is 4.79 Å². The SMILES string of the molecule is CCCCCCCCC[C@H](CCCC(=O)O)OCOC. The molecule has 0 unspecified atom stereocenters. The molecule has 0 aliphatic carbocycles. The number of methoxy groups -OCH3 is 1. The number of hydrogen-bond donors (Lipinski definition) is 1. The number of carboxylic acids is 1. The summed E-state index contributed by atoms with van der Waals surface area (Å²) in [5, 5.41) is 8.65. The fourth-order valence-electron chi connectivity index (χ4n) is 2.29. The molecule has 0 aromatic heterocycles. The maximum atomic E-state index is 10.5. The molecule has 0 radical (unpaired) electrons. The van der Waals surface area contributed by atoms with E-state index >= 15 is 0 Å². The Kier molecular flexibility index (Phi) is 14.3. The fraction of sp³-hybridized carbons (Fsp3) is 0.938. The van der Waals surface area contributed by atoms with Gasteiger partial charge in [0.25, 0.3) is 0 Å². The third kappa shape index (κ3) is 13.8. The van der Waals surface area contributed by atoms with Gasteiger partial charge >= 0.3 is 5.97 Å². The van der Waals surface area contributed by atoms with Gasteiger partial charge in [0.1, 0.15) is 6.79 Å². The number of unbranched alkanes of at least 4 members (excludes halogenated alkanes) is 6. The molecular weight excluding hydrogens is 256 g/mol. The molecule has 0 aliphatic heterocycles. The minimum Gasteiger partial charge on any atom is -0.481 e. The Morgan fingerprint density at radius 3 is 2.20 bits per heavy atom. The zero-order valence-electron chi connectivity index (χ0n) is 13.2. The number of ether oxygens (including phenoxy) is 2. The predicted molar refractivity (Wildman–Crippen MR) is 80.8 cm³/mol. The van der Waals surface area contributed by atoms with Crippen LogP contribution in [-0.4, -0.2) is 31.1 Å². The van der Waals surface area contributed by atoms with Crippen molar-refractivity contribution in [3.05, 3.63) is 0 Å². The number of rotatable bonds is 15. The molecular formula is C16H32O4. The zero-order chi connectivity index (χ0) is 15.1. The molecule has 0 rings (SSSR count). The molecule has 0 heterocycles. The molecule has 0 amide bonds. The summed E-state index contributed by atoms with van der Waals surface area (Å²) in [5.41, 5.74) is 0. The van der Waals surface area contributed by atoms with E-state index < -0.39 is 5.97 Å². The van der Waals surface area contributed by atoms with Gasteiger partial charge in [0.05, 0.1) is 6.10 Å². The highest BCUT2D eigenvalue weighted by Crippen LogP contribution is 2.15. The van der Waals surface area contributed by atoms with Crippen molar-refractivity contribution in [1.29, 1.82) is 0 Å². The Morgan fingerprint density at radius 2 is 1.60 bits per heavy atom. The molecule has 0 aliphatic rings. The normalized spacial score (nSPS) is 12.5. The number of aliphatic carboxylic acids is 1. The first-order valence-corrected chi connectivity index (χ1v) is 8.03. The molecule has 4 heteroatoms. The van der Waals surface area contributed by atoms with Gasteiger partial charge in [-0.05, 0) is 19.3 Å². The minimum atomic E-state index is -0.730. The van der Waals surface area contributed by atoms with Gasteiger partial charge in [0.2, 0.25) is 0 Å². The minimum absolute atomic E-state index is 0.143. The lowest BCUT2D eigenvalue weighted by atomic mass is 10.0. The molecule has 0 aromatic carbocycles. The molecule has 0 spiro atoms. The first-order valence-electron chi connectivity index (χ1n) is 8.03. The van der Waals surface area contributed by atoms with Crippen LogP contribution in [0.25, 0.3) is 0 Å².